The molecule has 3 aromatic heterocycles. The van der Waals surface area contributed by atoms with Gasteiger partial charge in [0.2, 0.25) is 5.95 Å². The summed E-state index contributed by atoms with van der Waals surface area (Å²) in [5, 5.41) is 13.7. The quantitative estimate of drug-likeness (QED) is 0.318. The Balaban J connectivity index is 1.62. The lowest BCUT2D eigenvalue weighted by molar-refractivity contribution is 0.278. The minimum Gasteiger partial charge on any atom is -0.376 e. The molecule has 0 spiro atoms. The zero-order valence-electron chi connectivity index (χ0n) is 19.2. The average molecular weight is 529 g/mol. The first kappa shape index (κ1) is 22.3. The number of hydrogen-bond acceptors (Lipinski definition) is 6. The van der Waals surface area contributed by atoms with Crippen LogP contribution < -0.4 is 10.2 Å². The number of hydrogen-bond donors (Lipinski definition) is 1. The van der Waals surface area contributed by atoms with E-state index in [1.165, 1.54) is 0 Å². The molecule has 4 heterocycles. The Hall–Kier alpha value is -2.45. The summed E-state index contributed by atoms with van der Waals surface area (Å²) in [7, 11) is 0. The van der Waals surface area contributed by atoms with Crippen LogP contribution in [0.15, 0.2) is 35.2 Å². The summed E-state index contributed by atoms with van der Waals surface area (Å²) in [6.45, 7) is 10.8. The van der Waals surface area contributed by atoms with E-state index in [0.717, 1.165) is 65.2 Å². The SMILES string of the molecule is Cc1cc(C(C)Nc2ccc(Cl)nc2Br)c2nc(N3CCC(C)(C)CC3)n3cnnc3c2c1. The topological polar surface area (TPSA) is 71.2 Å². The molecular weight excluding hydrogens is 502 g/mol. The third kappa shape index (κ3) is 4.26. The summed E-state index contributed by atoms with van der Waals surface area (Å²) in [4.78, 5) is 11.9. The van der Waals surface area contributed by atoms with Crippen molar-refractivity contribution in [1.82, 2.24) is 24.6 Å². The molecule has 1 atom stereocenters. The summed E-state index contributed by atoms with van der Waals surface area (Å²) >= 11 is 9.53. The number of pyridine rings is 1. The van der Waals surface area contributed by atoms with E-state index in [9.17, 15) is 0 Å². The number of aryl methyl sites for hydroxylation is 1. The Morgan fingerprint density at radius 1 is 1.15 bits per heavy atom. The Bertz CT molecular complexity index is 1340. The minimum atomic E-state index is -0.0160. The van der Waals surface area contributed by atoms with Gasteiger partial charge in [0.15, 0.2) is 5.65 Å². The monoisotopic (exact) mass is 527 g/mol. The van der Waals surface area contributed by atoms with Crippen molar-refractivity contribution in [2.45, 2.75) is 46.6 Å². The lowest BCUT2D eigenvalue weighted by atomic mass is 9.83. The first-order chi connectivity index (χ1) is 15.7. The standard InChI is InChI=1S/C24H27BrClN7/c1-14-11-16(15(2)28-18-5-6-19(26)29-21(18)25)20-17(12-14)22-31-27-13-33(22)23(30-20)32-9-7-24(3,4)8-10-32/h5-6,11-13,15,28H,7-10H2,1-4H3. The van der Waals surface area contributed by atoms with Gasteiger partial charge in [-0.05, 0) is 71.8 Å². The Labute approximate surface area is 206 Å². The number of nitrogens with zero attached hydrogens (tertiary/aromatic N) is 6. The molecule has 1 aromatic carbocycles. The molecule has 172 valence electrons. The number of nitrogens with one attached hydrogen (secondary N) is 1. The van der Waals surface area contributed by atoms with Gasteiger partial charge >= 0.3 is 0 Å². The molecule has 0 amide bonds. The predicted molar refractivity (Wildman–Crippen MR) is 137 cm³/mol. The number of fused-ring (bicyclic) bond motifs is 3. The highest BCUT2D eigenvalue weighted by Crippen LogP contribution is 2.35. The second-order valence-corrected chi connectivity index (χ2v) is 10.8. The van der Waals surface area contributed by atoms with Crippen LogP contribution in [0, 0.1) is 12.3 Å². The Morgan fingerprint density at radius 3 is 2.64 bits per heavy atom. The smallest absolute Gasteiger partial charge is 0.213 e. The van der Waals surface area contributed by atoms with E-state index in [2.05, 4.69) is 81.2 Å². The fraction of sp³-hybridized carbons (Fsp3) is 0.417. The van der Waals surface area contributed by atoms with Crippen LogP contribution in [-0.4, -0.2) is 37.7 Å². The molecule has 33 heavy (non-hydrogen) atoms. The summed E-state index contributed by atoms with van der Waals surface area (Å²) in [6, 6.07) is 8.03. The van der Waals surface area contributed by atoms with Crippen LogP contribution in [-0.2, 0) is 0 Å². The van der Waals surface area contributed by atoms with E-state index in [-0.39, 0.29) is 6.04 Å². The van der Waals surface area contributed by atoms with Gasteiger partial charge in [0.25, 0.3) is 0 Å². The molecule has 0 radical (unpaired) electrons. The first-order valence-corrected chi connectivity index (χ1v) is 12.4. The summed E-state index contributed by atoms with van der Waals surface area (Å²) in [6.07, 6.45) is 4.04. The molecule has 0 saturated carbocycles. The molecule has 5 rings (SSSR count). The molecule has 0 aliphatic carbocycles. The van der Waals surface area contributed by atoms with Crippen LogP contribution in [0.1, 0.15) is 50.8 Å². The minimum absolute atomic E-state index is 0.0160. The van der Waals surface area contributed by atoms with E-state index in [1.807, 2.05) is 10.5 Å². The summed E-state index contributed by atoms with van der Waals surface area (Å²) in [5.74, 6) is 0.907. The van der Waals surface area contributed by atoms with E-state index in [4.69, 9.17) is 16.6 Å². The predicted octanol–water partition coefficient (Wildman–Crippen LogP) is 6.20. The highest BCUT2D eigenvalue weighted by molar-refractivity contribution is 9.10. The van der Waals surface area contributed by atoms with Gasteiger partial charge in [0, 0.05) is 24.0 Å². The normalized spacial score (nSPS) is 17.0. The van der Waals surface area contributed by atoms with Crippen molar-refractivity contribution < 1.29 is 0 Å². The molecule has 4 aromatic rings. The molecular formula is C24H27BrClN7. The fourth-order valence-corrected chi connectivity index (χ4v) is 5.20. The molecule has 1 unspecified atom stereocenters. The zero-order valence-corrected chi connectivity index (χ0v) is 21.6. The van der Waals surface area contributed by atoms with Gasteiger partial charge < -0.3 is 10.2 Å². The van der Waals surface area contributed by atoms with Crippen molar-refractivity contribution >= 4 is 55.7 Å². The van der Waals surface area contributed by atoms with Gasteiger partial charge in [-0.15, -0.1) is 10.2 Å². The molecule has 1 N–H and O–H groups in total. The number of aromatic nitrogens is 5. The van der Waals surface area contributed by atoms with E-state index < -0.39 is 0 Å². The van der Waals surface area contributed by atoms with Gasteiger partial charge in [-0.25, -0.2) is 9.97 Å². The van der Waals surface area contributed by atoms with Crippen LogP contribution in [0.25, 0.3) is 16.6 Å². The number of halogens is 2. The molecule has 1 fully saturated rings. The largest absolute Gasteiger partial charge is 0.376 e. The Morgan fingerprint density at radius 2 is 1.91 bits per heavy atom. The maximum Gasteiger partial charge on any atom is 0.213 e. The van der Waals surface area contributed by atoms with Crippen LogP contribution in [0.4, 0.5) is 11.6 Å². The third-order valence-corrected chi connectivity index (χ3v) is 7.37. The fourth-order valence-electron chi connectivity index (χ4n) is 4.52. The van der Waals surface area contributed by atoms with Crippen LogP contribution in [0.2, 0.25) is 5.15 Å². The Kier molecular flexibility index (Phi) is 5.69. The highest BCUT2D eigenvalue weighted by atomic mass is 79.9. The van der Waals surface area contributed by atoms with Crippen molar-refractivity contribution in [2.24, 2.45) is 5.41 Å². The second-order valence-electron chi connectivity index (χ2n) is 9.68. The van der Waals surface area contributed by atoms with Crippen LogP contribution in [0.5, 0.6) is 0 Å². The van der Waals surface area contributed by atoms with Crippen LogP contribution >= 0.6 is 27.5 Å². The maximum absolute atomic E-state index is 6.02. The molecule has 0 bridgehead atoms. The third-order valence-electron chi connectivity index (χ3n) is 6.55. The zero-order chi connectivity index (χ0) is 23.3. The van der Waals surface area contributed by atoms with Crippen molar-refractivity contribution in [3.63, 3.8) is 0 Å². The van der Waals surface area contributed by atoms with Gasteiger partial charge in [0.1, 0.15) is 16.1 Å². The van der Waals surface area contributed by atoms with Gasteiger partial charge in [-0.1, -0.05) is 31.5 Å². The molecule has 7 nitrogen and oxygen atoms in total. The van der Waals surface area contributed by atoms with Gasteiger partial charge in [-0.3, -0.25) is 4.40 Å². The molecule has 1 aliphatic heterocycles. The number of anilines is 2. The maximum atomic E-state index is 6.02. The first-order valence-electron chi connectivity index (χ1n) is 11.2. The summed E-state index contributed by atoms with van der Waals surface area (Å²) in [5.41, 5.74) is 5.28. The number of benzene rings is 1. The average Bonchev–Trinajstić information content (AvgIpc) is 3.25. The van der Waals surface area contributed by atoms with Crippen molar-refractivity contribution in [3.8, 4) is 0 Å². The highest BCUT2D eigenvalue weighted by Gasteiger charge is 2.28. The van der Waals surface area contributed by atoms with E-state index in [0.29, 0.717) is 15.2 Å². The lowest BCUT2D eigenvalue weighted by Gasteiger charge is -2.37. The van der Waals surface area contributed by atoms with Crippen molar-refractivity contribution in [1.29, 1.82) is 0 Å². The van der Waals surface area contributed by atoms with Gasteiger partial charge in [-0.2, -0.15) is 0 Å². The lowest BCUT2D eigenvalue weighted by Crippen LogP contribution is -2.38. The second kappa shape index (κ2) is 8.40. The van der Waals surface area contributed by atoms with Crippen LogP contribution in [0.3, 0.4) is 0 Å². The number of piperidine rings is 1. The van der Waals surface area contributed by atoms with Gasteiger partial charge in [0.05, 0.1) is 17.2 Å². The molecule has 1 saturated heterocycles. The van der Waals surface area contributed by atoms with E-state index in [1.54, 1.807) is 12.4 Å². The van der Waals surface area contributed by atoms with E-state index >= 15 is 0 Å². The molecule has 1 aliphatic rings. The van der Waals surface area contributed by atoms with Crippen molar-refractivity contribution in [2.75, 3.05) is 23.3 Å². The number of rotatable bonds is 4. The summed E-state index contributed by atoms with van der Waals surface area (Å²) < 4.78 is 2.71. The molecule has 9 heteroatoms. The van der Waals surface area contributed by atoms with Crippen molar-refractivity contribution in [3.05, 3.63) is 51.5 Å².